The molecule has 0 atom stereocenters. The minimum Gasteiger partial charge on any atom is -0.456 e. The van der Waals surface area contributed by atoms with Gasteiger partial charge in [0.2, 0.25) is 5.89 Å². The second-order valence-electron chi connectivity index (χ2n) is 4.85. The second kappa shape index (κ2) is 6.26. The SMILES string of the molecule is Cc1oc(-c2ccccc2)nc1C(=O)OCc1ccccc1. The van der Waals surface area contributed by atoms with Crippen molar-refractivity contribution in [1.82, 2.24) is 4.98 Å². The molecule has 1 heterocycles. The maximum absolute atomic E-state index is 12.1. The lowest BCUT2D eigenvalue weighted by Crippen LogP contribution is -2.07. The minimum absolute atomic E-state index is 0.215. The number of carbonyl (C=O) groups excluding carboxylic acids is 1. The Balaban J connectivity index is 1.74. The van der Waals surface area contributed by atoms with Crippen LogP contribution in [0.1, 0.15) is 21.8 Å². The van der Waals surface area contributed by atoms with Gasteiger partial charge in [0, 0.05) is 5.56 Å². The maximum atomic E-state index is 12.1. The highest BCUT2D eigenvalue weighted by Gasteiger charge is 2.19. The lowest BCUT2D eigenvalue weighted by Gasteiger charge is -2.02. The van der Waals surface area contributed by atoms with Gasteiger partial charge >= 0.3 is 5.97 Å². The lowest BCUT2D eigenvalue weighted by molar-refractivity contribution is 0.0464. The summed E-state index contributed by atoms with van der Waals surface area (Å²) >= 11 is 0. The molecular weight excluding hydrogens is 278 g/mol. The van der Waals surface area contributed by atoms with E-state index < -0.39 is 5.97 Å². The zero-order valence-corrected chi connectivity index (χ0v) is 12.2. The van der Waals surface area contributed by atoms with Crippen LogP contribution >= 0.6 is 0 Å². The van der Waals surface area contributed by atoms with E-state index in [-0.39, 0.29) is 12.3 Å². The Bertz CT molecular complexity index is 764. The van der Waals surface area contributed by atoms with Crippen LogP contribution in [0.5, 0.6) is 0 Å². The molecular formula is C18H15NO3. The number of aryl methyl sites for hydroxylation is 1. The predicted molar refractivity (Wildman–Crippen MR) is 82.2 cm³/mol. The average molecular weight is 293 g/mol. The average Bonchev–Trinajstić information content (AvgIpc) is 2.96. The number of esters is 1. The first-order valence-electron chi connectivity index (χ1n) is 6.98. The highest BCUT2D eigenvalue weighted by molar-refractivity contribution is 5.88. The number of benzene rings is 2. The lowest BCUT2D eigenvalue weighted by atomic mass is 10.2. The van der Waals surface area contributed by atoms with E-state index in [1.807, 2.05) is 60.7 Å². The highest BCUT2D eigenvalue weighted by Crippen LogP contribution is 2.22. The first-order valence-corrected chi connectivity index (χ1v) is 6.98. The molecule has 2 aromatic carbocycles. The third-order valence-corrected chi connectivity index (χ3v) is 3.22. The standard InChI is InChI=1S/C18H15NO3/c1-13-16(18(20)21-12-14-8-4-2-5-9-14)19-17(22-13)15-10-6-3-7-11-15/h2-11H,12H2,1H3. The summed E-state index contributed by atoms with van der Waals surface area (Å²) in [4.78, 5) is 16.4. The van der Waals surface area contributed by atoms with Crippen LogP contribution in [0.25, 0.3) is 11.5 Å². The molecule has 4 nitrogen and oxygen atoms in total. The summed E-state index contributed by atoms with van der Waals surface area (Å²) < 4.78 is 10.8. The van der Waals surface area contributed by atoms with E-state index in [1.165, 1.54) is 0 Å². The molecule has 0 fully saturated rings. The number of aromatic nitrogens is 1. The molecule has 0 saturated carbocycles. The van der Waals surface area contributed by atoms with Gasteiger partial charge in [-0.1, -0.05) is 48.5 Å². The zero-order chi connectivity index (χ0) is 15.4. The molecule has 3 rings (SSSR count). The number of hydrogen-bond acceptors (Lipinski definition) is 4. The van der Waals surface area contributed by atoms with Gasteiger partial charge in [-0.25, -0.2) is 9.78 Å². The van der Waals surface area contributed by atoms with Gasteiger partial charge in [0.1, 0.15) is 12.4 Å². The summed E-state index contributed by atoms with van der Waals surface area (Å²) in [6.07, 6.45) is 0. The van der Waals surface area contributed by atoms with Crippen molar-refractivity contribution >= 4 is 5.97 Å². The Hall–Kier alpha value is -2.88. The number of ether oxygens (including phenoxy) is 1. The summed E-state index contributed by atoms with van der Waals surface area (Å²) in [5, 5.41) is 0. The molecule has 0 saturated heterocycles. The first-order chi connectivity index (χ1) is 10.7. The van der Waals surface area contributed by atoms with E-state index in [0.29, 0.717) is 11.7 Å². The van der Waals surface area contributed by atoms with E-state index in [9.17, 15) is 4.79 Å². The van der Waals surface area contributed by atoms with Gasteiger partial charge in [0.05, 0.1) is 0 Å². The van der Waals surface area contributed by atoms with Gasteiger partial charge in [0.25, 0.3) is 0 Å². The Labute approximate surface area is 128 Å². The molecule has 0 bridgehead atoms. The summed E-state index contributed by atoms with van der Waals surface area (Å²) in [5.41, 5.74) is 1.97. The van der Waals surface area contributed by atoms with E-state index in [1.54, 1.807) is 6.92 Å². The van der Waals surface area contributed by atoms with Crippen LogP contribution in [0.2, 0.25) is 0 Å². The maximum Gasteiger partial charge on any atom is 0.360 e. The van der Waals surface area contributed by atoms with Crippen LogP contribution in [-0.2, 0) is 11.3 Å². The van der Waals surface area contributed by atoms with Gasteiger partial charge in [-0.05, 0) is 24.6 Å². The van der Waals surface area contributed by atoms with Crippen molar-refractivity contribution in [1.29, 1.82) is 0 Å². The van der Waals surface area contributed by atoms with E-state index in [4.69, 9.17) is 9.15 Å². The molecule has 0 radical (unpaired) electrons. The Kier molecular flexibility index (Phi) is 4.01. The topological polar surface area (TPSA) is 52.3 Å². The summed E-state index contributed by atoms with van der Waals surface area (Å²) in [6.45, 7) is 1.92. The van der Waals surface area contributed by atoms with Crippen molar-refractivity contribution in [3.63, 3.8) is 0 Å². The van der Waals surface area contributed by atoms with Crippen LogP contribution < -0.4 is 0 Å². The Morgan fingerprint density at radius 1 is 1.05 bits per heavy atom. The molecule has 0 unspecified atom stereocenters. The van der Waals surface area contributed by atoms with E-state index in [0.717, 1.165) is 11.1 Å². The normalized spacial score (nSPS) is 10.4. The van der Waals surface area contributed by atoms with Crippen molar-refractivity contribution in [3.05, 3.63) is 77.7 Å². The van der Waals surface area contributed by atoms with Crippen LogP contribution in [0.4, 0.5) is 0 Å². The van der Waals surface area contributed by atoms with Crippen molar-refractivity contribution in [2.45, 2.75) is 13.5 Å². The van der Waals surface area contributed by atoms with Gasteiger partial charge in [-0.15, -0.1) is 0 Å². The molecule has 0 amide bonds. The fourth-order valence-corrected chi connectivity index (χ4v) is 2.08. The van der Waals surface area contributed by atoms with E-state index in [2.05, 4.69) is 4.98 Å². The van der Waals surface area contributed by atoms with Crippen LogP contribution in [0, 0.1) is 6.92 Å². The zero-order valence-electron chi connectivity index (χ0n) is 12.2. The molecule has 3 aromatic rings. The molecule has 0 aliphatic rings. The molecule has 110 valence electrons. The fraction of sp³-hybridized carbons (Fsp3) is 0.111. The number of carbonyl (C=O) groups is 1. The van der Waals surface area contributed by atoms with Gasteiger partial charge < -0.3 is 9.15 Å². The van der Waals surface area contributed by atoms with Gasteiger partial charge in [-0.2, -0.15) is 0 Å². The Morgan fingerprint density at radius 2 is 1.68 bits per heavy atom. The van der Waals surface area contributed by atoms with Crippen LogP contribution in [-0.4, -0.2) is 11.0 Å². The first kappa shape index (κ1) is 14.1. The van der Waals surface area contributed by atoms with Gasteiger partial charge in [0.15, 0.2) is 5.69 Å². The molecule has 0 aliphatic heterocycles. The van der Waals surface area contributed by atoms with Crippen molar-refractivity contribution in [2.75, 3.05) is 0 Å². The molecule has 22 heavy (non-hydrogen) atoms. The second-order valence-corrected chi connectivity index (χ2v) is 4.85. The van der Waals surface area contributed by atoms with Crippen molar-refractivity contribution in [3.8, 4) is 11.5 Å². The molecule has 4 heteroatoms. The quantitative estimate of drug-likeness (QED) is 0.682. The Morgan fingerprint density at radius 3 is 2.36 bits per heavy atom. The highest BCUT2D eigenvalue weighted by atomic mass is 16.5. The summed E-state index contributed by atoms with van der Waals surface area (Å²) in [7, 11) is 0. The van der Waals surface area contributed by atoms with Crippen LogP contribution in [0.15, 0.2) is 65.1 Å². The third kappa shape index (κ3) is 3.06. The number of rotatable bonds is 4. The smallest absolute Gasteiger partial charge is 0.360 e. The fourth-order valence-electron chi connectivity index (χ4n) is 2.08. The molecule has 0 spiro atoms. The monoisotopic (exact) mass is 293 g/mol. The largest absolute Gasteiger partial charge is 0.456 e. The molecule has 0 aliphatic carbocycles. The summed E-state index contributed by atoms with van der Waals surface area (Å²) in [5.74, 6) is 0.397. The predicted octanol–water partition coefficient (Wildman–Crippen LogP) is 4.01. The third-order valence-electron chi connectivity index (χ3n) is 3.22. The van der Waals surface area contributed by atoms with Crippen molar-refractivity contribution in [2.24, 2.45) is 0 Å². The number of hydrogen-bond donors (Lipinski definition) is 0. The minimum atomic E-state index is -0.479. The summed E-state index contributed by atoms with van der Waals surface area (Å²) in [6, 6.07) is 19.0. The number of nitrogens with zero attached hydrogens (tertiary/aromatic N) is 1. The van der Waals surface area contributed by atoms with Crippen molar-refractivity contribution < 1.29 is 13.9 Å². The van der Waals surface area contributed by atoms with E-state index >= 15 is 0 Å². The van der Waals surface area contributed by atoms with Gasteiger partial charge in [-0.3, -0.25) is 0 Å². The molecule has 1 aromatic heterocycles. The van der Waals surface area contributed by atoms with Crippen LogP contribution in [0.3, 0.4) is 0 Å². The molecule has 0 N–H and O–H groups in total. The number of oxazole rings is 1.